The number of imide groups is 3. The lowest BCUT2D eigenvalue weighted by Gasteiger charge is -2.33. The van der Waals surface area contributed by atoms with Crippen LogP contribution in [0.5, 0.6) is 0 Å². The highest BCUT2D eigenvalue weighted by atomic mass is 79.9. The molecule has 3 aliphatic heterocycles. The van der Waals surface area contributed by atoms with Crippen LogP contribution in [0.2, 0.25) is 0 Å². The summed E-state index contributed by atoms with van der Waals surface area (Å²) in [5.41, 5.74) is 11.5. The first-order valence-corrected chi connectivity index (χ1v) is 30.3. The van der Waals surface area contributed by atoms with E-state index in [-0.39, 0.29) is 35.5 Å². The molecule has 0 atom stereocenters. The Bertz CT molecular complexity index is 4090. The second-order valence-electron chi connectivity index (χ2n) is 24.4. The van der Waals surface area contributed by atoms with E-state index in [0.29, 0.717) is 114 Å². The molecule has 3 aliphatic rings. The Kier molecular flexibility index (Phi) is 13.7. The van der Waals surface area contributed by atoms with E-state index in [1.165, 1.54) is 14.7 Å². The third-order valence-corrected chi connectivity index (χ3v) is 18.0. The molecule has 9 aromatic carbocycles. The molecule has 3 heterocycles. The lowest BCUT2D eigenvalue weighted by molar-refractivity contribution is 0.0877. The van der Waals surface area contributed by atoms with Crippen molar-refractivity contribution in [3.05, 3.63) is 203 Å². The van der Waals surface area contributed by atoms with E-state index < -0.39 is 35.4 Å². The van der Waals surface area contributed by atoms with Gasteiger partial charge in [0, 0.05) is 47.4 Å². The molecule has 0 bridgehead atoms. The standard InChI is InChI=1S/C72H63Br2N3O6/c1-34(2)49-16-13-17-50(35(3)4)64(49)75-67(78)55-28-40(42-24-45-26-47(73)32-59-62(45)57(30-42)69(80)76(71(59)82)65-51(36(5)6)18-14-19-52(65)37(7)8)22-44-23-41(29-56(61(44)55)68(75)79)43-25-46-27-48(74)33-60-63(46)58(31-43)70(81)77(72(60)83)66-53(38(9)10)20-15-21-54(66)39(11)12/h13-39H,1-12H3. The molecule has 9 aromatic rings. The molecule has 0 saturated heterocycles. The van der Waals surface area contributed by atoms with Crippen LogP contribution in [0.25, 0.3) is 54.6 Å². The van der Waals surface area contributed by atoms with Crippen LogP contribution in [0.15, 0.2) is 136 Å². The summed E-state index contributed by atoms with van der Waals surface area (Å²) in [5, 5.41) is 3.47. The summed E-state index contributed by atoms with van der Waals surface area (Å²) >= 11 is 7.44. The largest absolute Gasteiger partial charge is 0.268 e. The summed E-state index contributed by atoms with van der Waals surface area (Å²) in [4.78, 5) is 96.4. The third-order valence-electron chi connectivity index (χ3n) is 17.0. The molecule has 9 nitrogen and oxygen atoms in total. The Morgan fingerprint density at radius 1 is 0.277 bits per heavy atom. The summed E-state index contributed by atoms with van der Waals surface area (Å²) in [6.45, 7) is 24.7. The van der Waals surface area contributed by atoms with Crippen LogP contribution in [0.4, 0.5) is 17.1 Å². The van der Waals surface area contributed by atoms with Gasteiger partial charge < -0.3 is 0 Å². The fourth-order valence-corrected chi connectivity index (χ4v) is 14.0. The number of carbonyl (C=O) groups is 6. The van der Waals surface area contributed by atoms with Gasteiger partial charge in [-0.2, -0.15) is 0 Å². The molecular weight excluding hydrogens is 1160 g/mol. The fraction of sp³-hybridized carbons (Fsp3) is 0.250. The van der Waals surface area contributed by atoms with Gasteiger partial charge in [-0.1, -0.05) is 170 Å². The molecule has 0 fully saturated rings. The average molecular weight is 1230 g/mol. The van der Waals surface area contributed by atoms with E-state index in [9.17, 15) is 9.59 Å². The van der Waals surface area contributed by atoms with Crippen molar-refractivity contribution < 1.29 is 28.8 Å². The topological polar surface area (TPSA) is 112 Å². The minimum Gasteiger partial charge on any atom is -0.268 e. The molecule has 11 heteroatoms. The van der Waals surface area contributed by atoms with Crippen molar-refractivity contribution in [3.8, 4) is 22.3 Å². The average Bonchev–Trinajstić information content (AvgIpc) is 3.07. The Hall–Kier alpha value is -7.86. The number of benzene rings is 9. The number of anilines is 3. The molecular formula is C72H63Br2N3O6. The van der Waals surface area contributed by atoms with Crippen LogP contribution in [-0.2, 0) is 0 Å². The van der Waals surface area contributed by atoms with Crippen LogP contribution in [0, 0.1) is 0 Å². The van der Waals surface area contributed by atoms with Crippen molar-refractivity contribution in [2.75, 3.05) is 14.7 Å². The van der Waals surface area contributed by atoms with Gasteiger partial charge >= 0.3 is 0 Å². The van der Waals surface area contributed by atoms with Gasteiger partial charge in [0.25, 0.3) is 35.4 Å². The number of para-hydroxylation sites is 3. The molecule has 6 amide bonds. The van der Waals surface area contributed by atoms with Crippen molar-refractivity contribution in [2.45, 2.75) is 119 Å². The summed E-state index contributed by atoms with van der Waals surface area (Å²) in [6, 6.07) is 40.4. The molecule has 0 aliphatic carbocycles. The lowest BCUT2D eigenvalue weighted by Crippen LogP contribution is -2.42. The predicted molar refractivity (Wildman–Crippen MR) is 343 cm³/mol. The smallest absolute Gasteiger partial charge is 0.266 e. The fourth-order valence-electron chi connectivity index (χ4n) is 13.1. The van der Waals surface area contributed by atoms with Crippen LogP contribution >= 0.6 is 31.9 Å². The maximum absolute atomic E-state index is 15.8. The first kappa shape index (κ1) is 55.7. The van der Waals surface area contributed by atoms with E-state index in [1.807, 2.05) is 115 Å². The molecule has 0 radical (unpaired) electrons. The van der Waals surface area contributed by atoms with Gasteiger partial charge in [-0.25, -0.2) is 14.7 Å². The monoisotopic (exact) mass is 1220 g/mol. The van der Waals surface area contributed by atoms with Gasteiger partial charge in [0.15, 0.2) is 0 Å². The van der Waals surface area contributed by atoms with Gasteiger partial charge in [-0.15, -0.1) is 0 Å². The number of hydrogen-bond donors (Lipinski definition) is 0. The molecule has 0 saturated carbocycles. The quantitative estimate of drug-likeness (QED) is 0.119. The second-order valence-corrected chi connectivity index (χ2v) is 26.2. The van der Waals surface area contributed by atoms with E-state index >= 15 is 19.2 Å². The van der Waals surface area contributed by atoms with Crippen LogP contribution in [0.3, 0.4) is 0 Å². The Balaban J connectivity index is 1.12. The molecule has 0 aromatic heterocycles. The highest BCUT2D eigenvalue weighted by Gasteiger charge is 2.42. The maximum Gasteiger partial charge on any atom is 0.266 e. The maximum atomic E-state index is 15.8. The zero-order chi connectivity index (χ0) is 59.1. The SMILES string of the molecule is CC(C)c1cccc(C(C)C)c1N1C(=O)c2cc(Br)cc3cc(-c4cc5c6c(cc(-c7cc8c9c(cc(Br)cc9c7)C(=O)N(c7c(C(C)C)cccc7C(C)C)C8=O)cc6c4)C(=O)N(c4c(C(C)C)cccc4C(C)C)C5=O)cc(c23)C1=O. The summed E-state index contributed by atoms with van der Waals surface area (Å²) in [7, 11) is 0. The van der Waals surface area contributed by atoms with Crippen molar-refractivity contribution in [1.82, 2.24) is 0 Å². The van der Waals surface area contributed by atoms with Crippen LogP contribution < -0.4 is 14.7 Å². The van der Waals surface area contributed by atoms with E-state index in [0.717, 1.165) is 33.4 Å². The minimum absolute atomic E-state index is 0.00105. The normalized spacial score (nSPS) is 14.4. The van der Waals surface area contributed by atoms with Gasteiger partial charge in [0.05, 0.1) is 28.2 Å². The van der Waals surface area contributed by atoms with Gasteiger partial charge in [-0.3, -0.25) is 28.8 Å². The first-order valence-electron chi connectivity index (χ1n) is 28.7. The second kappa shape index (κ2) is 20.5. The molecule has 83 heavy (non-hydrogen) atoms. The number of rotatable bonds is 11. The van der Waals surface area contributed by atoms with Crippen molar-refractivity contribution in [2.24, 2.45) is 0 Å². The highest BCUT2D eigenvalue weighted by Crippen LogP contribution is 2.48. The Morgan fingerprint density at radius 2 is 0.470 bits per heavy atom. The zero-order valence-electron chi connectivity index (χ0n) is 48.6. The molecule has 0 unspecified atom stereocenters. The van der Waals surface area contributed by atoms with Crippen LogP contribution in [0.1, 0.15) is 214 Å². The molecule has 0 N–H and O–H groups in total. The Morgan fingerprint density at radius 3 is 0.675 bits per heavy atom. The number of nitrogens with zero attached hydrogens (tertiary/aromatic N) is 3. The number of halogens is 2. The lowest BCUT2D eigenvalue weighted by atomic mass is 9.84. The number of carbonyl (C=O) groups excluding carboxylic acids is 6. The van der Waals surface area contributed by atoms with Crippen molar-refractivity contribution in [1.29, 1.82) is 0 Å². The van der Waals surface area contributed by atoms with Gasteiger partial charge in [0.1, 0.15) is 0 Å². The summed E-state index contributed by atoms with van der Waals surface area (Å²) in [6.07, 6.45) is 0. The van der Waals surface area contributed by atoms with Gasteiger partial charge in [-0.05, 0) is 180 Å². The van der Waals surface area contributed by atoms with Gasteiger partial charge in [0.2, 0.25) is 0 Å². The molecule has 12 rings (SSSR count). The summed E-state index contributed by atoms with van der Waals surface area (Å²) < 4.78 is 1.32. The van der Waals surface area contributed by atoms with Crippen molar-refractivity contribution >= 4 is 117 Å². The highest BCUT2D eigenvalue weighted by molar-refractivity contribution is 9.10. The Labute approximate surface area is 500 Å². The van der Waals surface area contributed by atoms with E-state index in [1.54, 1.807) is 12.1 Å². The predicted octanol–water partition coefficient (Wildman–Crippen LogP) is 19.1. The number of hydrogen-bond acceptors (Lipinski definition) is 6. The first-order chi connectivity index (χ1) is 39.5. The third kappa shape index (κ3) is 8.74. The minimum atomic E-state index is -0.478. The molecule has 416 valence electrons. The van der Waals surface area contributed by atoms with Crippen molar-refractivity contribution in [3.63, 3.8) is 0 Å². The van der Waals surface area contributed by atoms with Crippen LogP contribution in [-0.4, -0.2) is 35.4 Å². The van der Waals surface area contributed by atoms with E-state index in [4.69, 9.17) is 0 Å². The summed E-state index contributed by atoms with van der Waals surface area (Å²) in [5.74, 6) is -2.77. The zero-order valence-corrected chi connectivity index (χ0v) is 51.8. The van der Waals surface area contributed by atoms with E-state index in [2.05, 4.69) is 115 Å². The number of amides is 6. The molecule has 0 spiro atoms.